The molecular formula is C16H17F3N4O. The number of hydrogen-bond acceptors (Lipinski definition) is 3. The molecule has 1 fully saturated rings. The predicted octanol–water partition coefficient (Wildman–Crippen LogP) is 2.37. The number of nitrogens with zero attached hydrogens (tertiary/aromatic N) is 3. The first-order chi connectivity index (χ1) is 11.3. The zero-order valence-corrected chi connectivity index (χ0v) is 13.0. The molecule has 0 aliphatic carbocycles. The maximum Gasteiger partial charge on any atom is 0.416 e. The Kier molecular flexibility index (Phi) is 4.08. The van der Waals surface area contributed by atoms with Crippen molar-refractivity contribution in [3.05, 3.63) is 47.3 Å². The third kappa shape index (κ3) is 3.01. The van der Waals surface area contributed by atoms with E-state index in [1.807, 2.05) is 0 Å². The Balaban J connectivity index is 1.92. The molecule has 1 aromatic heterocycles. The average molecular weight is 338 g/mol. The highest BCUT2D eigenvalue weighted by Gasteiger charge is 2.31. The summed E-state index contributed by atoms with van der Waals surface area (Å²) in [4.78, 5) is 14.2. The second-order valence-corrected chi connectivity index (χ2v) is 5.90. The minimum atomic E-state index is -4.43. The molecule has 0 saturated carbocycles. The zero-order valence-electron chi connectivity index (χ0n) is 13.0. The maximum atomic E-state index is 12.9. The molecular weight excluding hydrogens is 321 g/mol. The topological polar surface area (TPSA) is 64.2 Å². The summed E-state index contributed by atoms with van der Waals surface area (Å²) in [5.41, 5.74) is 6.19. The molecule has 1 aromatic carbocycles. The molecule has 1 aliphatic rings. The minimum absolute atomic E-state index is 0.0345. The number of carbonyl (C=O) groups excluding carboxylic acids is 1. The van der Waals surface area contributed by atoms with Gasteiger partial charge in [0.1, 0.15) is 0 Å². The molecule has 8 heteroatoms. The fraction of sp³-hybridized carbons (Fsp3) is 0.375. The van der Waals surface area contributed by atoms with Crippen LogP contribution in [-0.2, 0) is 6.18 Å². The van der Waals surface area contributed by atoms with Crippen molar-refractivity contribution in [1.29, 1.82) is 0 Å². The Morgan fingerprint density at radius 2 is 2.12 bits per heavy atom. The summed E-state index contributed by atoms with van der Waals surface area (Å²) < 4.78 is 39.9. The van der Waals surface area contributed by atoms with Crippen LogP contribution >= 0.6 is 0 Å². The van der Waals surface area contributed by atoms with Gasteiger partial charge in [-0.15, -0.1) is 0 Å². The van der Waals surface area contributed by atoms with E-state index in [1.54, 1.807) is 11.8 Å². The van der Waals surface area contributed by atoms with E-state index in [0.717, 1.165) is 18.6 Å². The number of benzene rings is 1. The lowest BCUT2D eigenvalue weighted by molar-refractivity contribution is -0.137. The number of hydrogen-bond donors (Lipinski definition) is 1. The van der Waals surface area contributed by atoms with Gasteiger partial charge in [-0.2, -0.15) is 18.3 Å². The summed E-state index contributed by atoms with van der Waals surface area (Å²) in [6.45, 7) is 2.72. The molecule has 0 bridgehead atoms. The SMILES string of the molecule is Cc1c(C(=O)N2CCC(N)C2)cnn1-c1cccc(C(F)(F)F)c1. The molecule has 1 aliphatic heterocycles. The van der Waals surface area contributed by atoms with Gasteiger partial charge in [-0.3, -0.25) is 4.79 Å². The Morgan fingerprint density at radius 3 is 2.75 bits per heavy atom. The smallest absolute Gasteiger partial charge is 0.337 e. The van der Waals surface area contributed by atoms with Crippen LogP contribution in [0.1, 0.15) is 28.0 Å². The monoisotopic (exact) mass is 338 g/mol. The molecule has 1 amide bonds. The average Bonchev–Trinajstić information content (AvgIpc) is 3.12. The van der Waals surface area contributed by atoms with Crippen molar-refractivity contribution in [3.8, 4) is 5.69 Å². The molecule has 2 heterocycles. The van der Waals surface area contributed by atoms with E-state index in [-0.39, 0.29) is 17.6 Å². The maximum absolute atomic E-state index is 12.9. The van der Waals surface area contributed by atoms with Gasteiger partial charge in [0.2, 0.25) is 0 Å². The van der Waals surface area contributed by atoms with Crippen LogP contribution in [0.2, 0.25) is 0 Å². The first-order valence-electron chi connectivity index (χ1n) is 7.54. The number of rotatable bonds is 2. The first-order valence-corrected chi connectivity index (χ1v) is 7.54. The van der Waals surface area contributed by atoms with Gasteiger partial charge < -0.3 is 10.6 Å². The predicted molar refractivity (Wildman–Crippen MR) is 81.8 cm³/mol. The fourth-order valence-corrected chi connectivity index (χ4v) is 2.84. The summed E-state index contributed by atoms with van der Waals surface area (Å²) in [5.74, 6) is -0.196. The van der Waals surface area contributed by atoms with Gasteiger partial charge in [-0.1, -0.05) is 6.07 Å². The van der Waals surface area contributed by atoms with Crippen molar-refractivity contribution in [1.82, 2.24) is 14.7 Å². The van der Waals surface area contributed by atoms with Crippen molar-refractivity contribution in [2.24, 2.45) is 5.73 Å². The zero-order chi connectivity index (χ0) is 17.5. The van der Waals surface area contributed by atoms with Crippen molar-refractivity contribution in [3.63, 3.8) is 0 Å². The fourth-order valence-electron chi connectivity index (χ4n) is 2.84. The molecule has 24 heavy (non-hydrogen) atoms. The van der Waals surface area contributed by atoms with Crippen LogP contribution in [-0.4, -0.2) is 39.7 Å². The van der Waals surface area contributed by atoms with E-state index < -0.39 is 11.7 Å². The standard InChI is InChI=1S/C16H17F3N4O/c1-10-14(15(24)22-6-5-12(20)9-22)8-21-23(10)13-4-2-3-11(7-13)16(17,18)19/h2-4,7-8,12H,5-6,9,20H2,1H3. The number of halogens is 3. The first kappa shape index (κ1) is 16.5. The van der Waals surface area contributed by atoms with E-state index in [2.05, 4.69) is 5.10 Å². The molecule has 128 valence electrons. The van der Waals surface area contributed by atoms with Gasteiger partial charge >= 0.3 is 6.18 Å². The van der Waals surface area contributed by atoms with Gasteiger partial charge in [-0.05, 0) is 31.5 Å². The Bertz CT molecular complexity index is 769. The molecule has 2 N–H and O–H groups in total. The molecule has 1 saturated heterocycles. The third-order valence-electron chi connectivity index (χ3n) is 4.17. The van der Waals surface area contributed by atoms with E-state index in [0.29, 0.717) is 24.3 Å². The van der Waals surface area contributed by atoms with Gasteiger partial charge in [0.25, 0.3) is 5.91 Å². The summed E-state index contributed by atoms with van der Waals surface area (Å²) in [6, 6.07) is 4.82. The van der Waals surface area contributed by atoms with Crippen LogP contribution in [0.4, 0.5) is 13.2 Å². The van der Waals surface area contributed by atoms with E-state index in [9.17, 15) is 18.0 Å². The highest BCUT2D eigenvalue weighted by molar-refractivity contribution is 5.95. The van der Waals surface area contributed by atoms with Crippen molar-refractivity contribution in [2.45, 2.75) is 25.6 Å². The Morgan fingerprint density at radius 1 is 1.38 bits per heavy atom. The lowest BCUT2D eigenvalue weighted by Crippen LogP contribution is -2.32. The van der Waals surface area contributed by atoms with E-state index in [1.165, 1.54) is 23.0 Å². The van der Waals surface area contributed by atoms with Crippen LogP contribution in [0.5, 0.6) is 0 Å². The van der Waals surface area contributed by atoms with Gasteiger partial charge in [0.15, 0.2) is 0 Å². The summed E-state index contributed by atoms with van der Waals surface area (Å²) >= 11 is 0. The molecule has 3 rings (SSSR count). The van der Waals surface area contributed by atoms with Crippen molar-refractivity contribution in [2.75, 3.05) is 13.1 Å². The van der Waals surface area contributed by atoms with Crippen LogP contribution in [0.15, 0.2) is 30.5 Å². The summed E-state index contributed by atoms with van der Waals surface area (Å²) in [7, 11) is 0. The quantitative estimate of drug-likeness (QED) is 0.914. The lowest BCUT2D eigenvalue weighted by atomic mass is 10.2. The molecule has 1 atom stereocenters. The van der Waals surface area contributed by atoms with E-state index in [4.69, 9.17) is 5.73 Å². The number of amides is 1. The van der Waals surface area contributed by atoms with E-state index >= 15 is 0 Å². The second-order valence-electron chi connectivity index (χ2n) is 5.90. The van der Waals surface area contributed by atoms with Crippen LogP contribution in [0, 0.1) is 6.92 Å². The van der Waals surface area contributed by atoms with Crippen molar-refractivity contribution >= 4 is 5.91 Å². The molecule has 2 aromatic rings. The van der Waals surface area contributed by atoms with Gasteiger partial charge in [0.05, 0.1) is 28.7 Å². The number of alkyl halides is 3. The van der Waals surface area contributed by atoms with Gasteiger partial charge in [-0.25, -0.2) is 4.68 Å². The van der Waals surface area contributed by atoms with Crippen LogP contribution in [0.3, 0.4) is 0 Å². The number of likely N-dealkylation sites (tertiary alicyclic amines) is 1. The summed E-state index contributed by atoms with van der Waals surface area (Å²) in [6.07, 6.45) is -2.30. The molecule has 0 spiro atoms. The van der Waals surface area contributed by atoms with Crippen LogP contribution < -0.4 is 5.73 Å². The Hall–Kier alpha value is -2.35. The second kappa shape index (κ2) is 5.94. The molecule has 1 unspecified atom stereocenters. The normalized spacial score (nSPS) is 18.2. The highest BCUT2D eigenvalue weighted by Crippen LogP contribution is 2.30. The largest absolute Gasteiger partial charge is 0.416 e. The summed E-state index contributed by atoms with van der Waals surface area (Å²) in [5, 5.41) is 4.09. The van der Waals surface area contributed by atoms with Crippen molar-refractivity contribution < 1.29 is 18.0 Å². The number of nitrogens with two attached hydrogens (primary N) is 1. The third-order valence-corrected chi connectivity index (χ3v) is 4.17. The molecule has 0 radical (unpaired) electrons. The molecule has 5 nitrogen and oxygen atoms in total. The Labute approximate surface area is 136 Å². The number of aromatic nitrogens is 2. The minimum Gasteiger partial charge on any atom is -0.337 e. The van der Waals surface area contributed by atoms with Crippen LogP contribution in [0.25, 0.3) is 5.69 Å². The lowest BCUT2D eigenvalue weighted by Gasteiger charge is -2.15. The highest BCUT2D eigenvalue weighted by atomic mass is 19.4. The van der Waals surface area contributed by atoms with Gasteiger partial charge in [0, 0.05) is 19.1 Å². The number of carbonyl (C=O) groups is 1.